The van der Waals surface area contributed by atoms with Gasteiger partial charge in [0.25, 0.3) is 0 Å². The zero-order chi connectivity index (χ0) is 22.1. The van der Waals surface area contributed by atoms with Crippen LogP contribution in [-0.4, -0.2) is 35.0 Å². The molecule has 0 radical (unpaired) electrons. The van der Waals surface area contributed by atoms with Crippen LogP contribution < -0.4 is 5.32 Å². The lowest BCUT2D eigenvalue weighted by Gasteiger charge is -2.25. The number of anilines is 1. The maximum atomic E-state index is 13.9. The highest BCUT2D eigenvalue weighted by molar-refractivity contribution is 5.85. The molecule has 156 valence electrons. The molecular formula is C21H19FN2O6. The smallest absolute Gasteiger partial charge is 0.412 e. The molecule has 0 unspecified atom stereocenters. The fraction of sp³-hybridized carbons (Fsp3) is 0.190. The van der Waals surface area contributed by atoms with E-state index in [0.717, 1.165) is 18.2 Å². The molecule has 3 N–H and O–H groups in total. The Morgan fingerprint density at radius 1 is 1.27 bits per heavy atom. The number of aliphatic carboxylic acids is 1. The Morgan fingerprint density at radius 2 is 1.97 bits per heavy atom. The molecule has 0 aliphatic carbocycles. The summed E-state index contributed by atoms with van der Waals surface area (Å²) in [7, 11) is 0. The minimum absolute atomic E-state index is 0.147. The second-order valence-electron chi connectivity index (χ2n) is 5.97. The van der Waals surface area contributed by atoms with Gasteiger partial charge in [0, 0.05) is 18.4 Å². The van der Waals surface area contributed by atoms with E-state index < -0.39 is 35.8 Å². The van der Waals surface area contributed by atoms with Gasteiger partial charge in [-0.1, -0.05) is 6.07 Å². The number of hydrogen-bond acceptors (Lipinski definition) is 6. The molecule has 2 rings (SSSR count). The van der Waals surface area contributed by atoms with E-state index in [4.69, 9.17) is 19.8 Å². The monoisotopic (exact) mass is 414 g/mol. The summed E-state index contributed by atoms with van der Waals surface area (Å²) in [5, 5.41) is 29.6. The van der Waals surface area contributed by atoms with Gasteiger partial charge < -0.3 is 19.7 Å². The molecule has 0 bridgehead atoms. The first-order chi connectivity index (χ1) is 14.3. The lowest BCUT2D eigenvalue weighted by Crippen LogP contribution is -2.28. The molecule has 8 nitrogen and oxygen atoms in total. The average molecular weight is 414 g/mol. The van der Waals surface area contributed by atoms with Gasteiger partial charge in [0.05, 0.1) is 11.6 Å². The summed E-state index contributed by atoms with van der Waals surface area (Å²) in [6.07, 6.45) is -1.16. The average Bonchev–Trinajstić information content (AvgIpc) is 2.72. The molecule has 1 amide bonds. The first-order valence-corrected chi connectivity index (χ1v) is 8.83. The number of phenols is 1. The number of carbonyl (C=O) groups is 2. The molecule has 2 aromatic rings. The third-order valence-electron chi connectivity index (χ3n) is 3.88. The van der Waals surface area contributed by atoms with E-state index in [0.29, 0.717) is 11.3 Å². The first kappa shape index (κ1) is 22.4. The van der Waals surface area contributed by atoms with E-state index in [1.54, 1.807) is 6.92 Å². The third-order valence-corrected chi connectivity index (χ3v) is 3.88. The molecule has 0 saturated carbocycles. The Hall–Kier alpha value is -3.90. The van der Waals surface area contributed by atoms with E-state index in [-0.39, 0.29) is 12.2 Å². The van der Waals surface area contributed by atoms with Crippen LogP contribution in [0.3, 0.4) is 0 Å². The highest BCUT2D eigenvalue weighted by Crippen LogP contribution is 2.29. The van der Waals surface area contributed by atoms with Crippen LogP contribution in [0, 0.1) is 17.1 Å². The number of phenolic OH excluding ortho intramolecular Hbond substituents is 1. The van der Waals surface area contributed by atoms with E-state index in [2.05, 4.69) is 5.32 Å². The van der Waals surface area contributed by atoms with Crippen molar-refractivity contribution in [3.63, 3.8) is 0 Å². The quantitative estimate of drug-likeness (QED) is 0.561. The first-order valence-electron chi connectivity index (χ1n) is 8.83. The second-order valence-corrected chi connectivity index (χ2v) is 5.97. The number of nitrogens with one attached hydrogen (secondary N) is 1. The topological polar surface area (TPSA) is 129 Å². The van der Waals surface area contributed by atoms with Crippen molar-refractivity contribution >= 4 is 17.7 Å². The molecule has 0 aromatic heterocycles. The van der Waals surface area contributed by atoms with Crippen LogP contribution in [0.1, 0.15) is 24.2 Å². The van der Waals surface area contributed by atoms with Crippen LogP contribution in [-0.2, 0) is 14.3 Å². The maximum absolute atomic E-state index is 13.9. The van der Waals surface area contributed by atoms with Gasteiger partial charge in [0.15, 0.2) is 17.7 Å². The SMILES string of the molecule is CCO[C@@H](/C=C/C(=O)O)[C@@H](OC(=O)Nc1ccc(C#N)cc1)c1ccc(O)c(F)c1. The lowest BCUT2D eigenvalue weighted by atomic mass is 10.0. The number of nitrogens with zero attached hydrogens (tertiary/aromatic N) is 1. The summed E-state index contributed by atoms with van der Waals surface area (Å²) >= 11 is 0. The van der Waals surface area contributed by atoms with Gasteiger partial charge in [-0.3, -0.25) is 5.32 Å². The number of hydrogen-bond donors (Lipinski definition) is 3. The van der Waals surface area contributed by atoms with E-state index in [1.165, 1.54) is 36.4 Å². The number of carbonyl (C=O) groups excluding carboxylic acids is 1. The van der Waals surface area contributed by atoms with Gasteiger partial charge in [-0.25, -0.2) is 14.0 Å². The third kappa shape index (κ3) is 6.32. The number of rotatable bonds is 8. The van der Waals surface area contributed by atoms with Crippen LogP contribution in [0.5, 0.6) is 5.75 Å². The van der Waals surface area contributed by atoms with Gasteiger partial charge in [-0.2, -0.15) is 5.26 Å². The molecular weight excluding hydrogens is 395 g/mol. The van der Waals surface area contributed by atoms with Crippen LogP contribution >= 0.6 is 0 Å². The number of ether oxygens (including phenoxy) is 2. The fourth-order valence-corrected chi connectivity index (χ4v) is 2.53. The van der Waals surface area contributed by atoms with E-state index in [1.807, 2.05) is 6.07 Å². The summed E-state index contributed by atoms with van der Waals surface area (Å²) in [6, 6.07) is 11.3. The zero-order valence-corrected chi connectivity index (χ0v) is 15.9. The minimum Gasteiger partial charge on any atom is -0.505 e. The Labute approximate surface area is 171 Å². The summed E-state index contributed by atoms with van der Waals surface area (Å²) in [5.74, 6) is -2.77. The van der Waals surface area contributed by atoms with Crippen LogP contribution in [0.4, 0.5) is 14.9 Å². The number of carboxylic acid groups (broad SMARTS) is 1. The van der Waals surface area contributed by atoms with Crippen molar-refractivity contribution in [1.82, 2.24) is 0 Å². The molecule has 9 heteroatoms. The van der Waals surface area contributed by atoms with Crippen LogP contribution in [0.25, 0.3) is 0 Å². The van der Waals surface area contributed by atoms with E-state index in [9.17, 15) is 19.1 Å². The fourth-order valence-electron chi connectivity index (χ4n) is 2.53. The Bertz CT molecular complexity index is 968. The number of aromatic hydroxyl groups is 1. The summed E-state index contributed by atoms with van der Waals surface area (Å²) < 4.78 is 24.8. The molecule has 30 heavy (non-hydrogen) atoms. The van der Waals surface area contributed by atoms with E-state index >= 15 is 0 Å². The largest absolute Gasteiger partial charge is 0.505 e. The summed E-state index contributed by atoms with van der Waals surface area (Å²) in [4.78, 5) is 23.3. The molecule has 2 atom stereocenters. The normalized spacial score (nSPS) is 12.7. The highest BCUT2D eigenvalue weighted by Gasteiger charge is 2.27. The van der Waals surface area contributed by atoms with Crippen molar-refractivity contribution in [2.45, 2.75) is 19.1 Å². The van der Waals surface area contributed by atoms with Gasteiger partial charge in [-0.15, -0.1) is 0 Å². The minimum atomic E-state index is -1.24. The maximum Gasteiger partial charge on any atom is 0.412 e. The van der Waals surface area contributed by atoms with Gasteiger partial charge in [0.2, 0.25) is 0 Å². The van der Waals surface area contributed by atoms with Crippen molar-refractivity contribution in [3.8, 4) is 11.8 Å². The summed E-state index contributed by atoms with van der Waals surface area (Å²) in [5.41, 5.74) is 0.902. The van der Waals surface area contributed by atoms with Gasteiger partial charge in [-0.05, 0) is 55.0 Å². The van der Waals surface area contributed by atoms with Crippen molar-refractivity contribution in [3.05, 3.63) is 71.6 Å². The zero-order valence-electron chi connectivity index (χ0n) is 15.9. The molecule has 2 aromatic carbocycles. The summed E-state index contributed by atoms with van der Waals surface area (Å²) in [6.45, 7) is 1.82. The molecule has 0 fully saturated rings. The predicted molar refractivity (Wildman–Crippen MR) is 104 cm³/mol. The van der Waals surface area contributed by atoms with Crippen molar-refractivity contribution in [1.29, 1.82) is 5.26 Å². The van der Waals surface area contributed by atoms with Gasteiger partial charge >= 0.3 is 12.1 Å². The standard InChI is InChI=1S/C21H19FN2O6/c1-2-29-18(9-10-19(26)27)20(14-5-8-17(25)16(22)11-14)30-21(28)24-15-6-3-13(12-23)4-7-15/h3-11,18,20,25H,2H2,1H3,(H,24,28)(H,26,27)/b10-9+/t18-,20-/m0/s1. The van der Waals surface area contributed by atoms with Crippen LogP contribution in [0.15, 0.2) is 54.6 Å². The Morgan fingerprint density at radius 3 is 2.53 bits per heavy atom. The van der Waals surface area contributed by atoms with Crippen molar-refractivity contribution in [2.24, 2.45) is 0 Å². The Balaban J connectivity index is 2.30. The van der Waals surface area contributed by atoms with Crippen molar-refractivity contribution < 1.29 is 33.7 Å². The molecule has 0 spiro atoms. The second kappa shape index (κ2) is 10.6. The number of nitriles is 1. The highest BCUT2D eigenvalue weighted by atomic mass is 19.1. The number of halogens is 1. The number of benzene rings is 2. The van der Waals surface area contributed by atoms with Gasteiger partial charge in [0.1, 0.15) is 6.10 Å². The number of amides is 1. The lowest BCUT2D eigenvalue weighted by molar-refractivity contribution is -0.131. The molecule has 0 heterocycles. The van der Waals surface area contributed by atoms with Crippen molar-refractivity contribution in [2.75, 3.05) is 11.9 Å². The molecule has 0 saturated heterocycles. The predicted octanol–water partition coefficient (Wildman–Crippen LogP) is 3.74. The Kier molecular flexibility index (Phi) is 7.90. The molecule has 0 aliphatic rings. The van der Waals surface area contributed by atoms with Crippen LogP contribution in [0.2, 0.25) is 0 Å². The number of carboxylic acids is 1. The molecule has 0 aliphatic heterocycles.